The monoisotopic (exact) mass is 235 g/mol. The van der Waals surface area contributed by atoms with Crippen LogP contribution in [-0.2, 0) is 0 Å². The van der Waals surface area contributed by atoms with Crippen molar-refractivity contribution in [2.45, 2.75) is 33.3 Å². The van der Waals surface area contributed by atoms with Crippen molar-refractivity contribution in [1.82, 2.24) is 5.32 Å². The molecule has 1 rings (SSSR count). The van der Waals surface area contributed by atoms with Gasteiger partial charge in [-0.15, -0.1) is 0 Å². The van der Waals surface area contributed by atoms with Gasteiger partial charge in [0.05, 0.1) is 6.10 Å². The summed E-state index contributed by atoms with van der Waals surface area (Å²) in [6.45, 7) is 6.66. The number of carbonyl (C=O) groups is 1. The number of aryl methyl sites for hydroxylation is 1. The largest absolute Gasteiger partial charge is 0.491 e. The fourth-order valence-electron chi connectivity index (χ4n) is 1.59. The van der Waals surface area contributed by atoms with Crippen LogP contribution in [0, 0.1) is 6.92 Å². The van der Waals surface area contributed by atoms with E-state index < -0.39 is 0 Å². The smallest absolute Gasteiger partial charge is 0.164 e. The Balaban J connectivity index is 2.77. The molecule has 3 heteroatoms. The third kappa shape index (κ3) is 4.19. The third-order valence-corrected chi connectivity index (χ3v) is 2.46. The van der Waals surface area contributed by atoms with Crippen LogP contribution < -0.4 is 10.1 Å². The second kappa shape index (κ2) is 6.40. The lowest BCUT2D eigenvalue weighted by atomic mass is 10.0. The molecule has 1 aromatic carbocycles. The maximum absolute atomic E-state index is 11.8. The van der Waals surface area contributed by atoms with Crippen molar-refractivity contribution in [3.63, 3.8) is 0 Å². The molecular formula is C14H21NO2. The van der Waals surface area contributed by atoms with Gasteiger partial charge in [0.1, 0.15) is 5.75 Å². The zero-order chi connectivity index (χ0) is 12.8. The van der Waals surface area contributed by atoms with E-state index >= 15 is 0 Å². The number of benzene rings is 1. The van der Waals surface area contributed by atoms with Crippen LogP contribution in [0.3, 0.4) is 0 Å². The third-order valence-electron chi connectivity index (χ3n) is 2.46. The molecule has 0 saturated carbocycles. The zero-order valence-corrected chi connectivity index (χ0v) is 11.0. The first kappa shape index (κ1) is 13.7. The van der Waals surface area contributed by atoms with E-state index in [1.54, 1.807) is 0 Å². The molecule has 0 aliphatic carbocycles. The second-order valence-electron chi connectivity index (χ2n) is 4.42. The van der Waals surface area contributed by atoms with Crippen LogP contribution in [0.1, 0.15) is 36.2 Å². The number of carbonyl (C=O) groups excluding carboxylic acids is 1. The van der Waals surface area contributed by atoms with Gasteiger partial charge in [-0.1, -0.05) is 0 Å². The molecular weight excluding hydrogens is 214 g/mol. The van der Waals surface area contributed by atoms with Gasteiger partial charge in [-0.25, -0.2) is 0 Å². The maximum Gasteiger partial charge on any atom is 0.164 e. The molecule has 3 nitrogen and oxygen atoms in total. The summed E-state index contributed by atoms with van der Waals surface area (Å²) < 4.78 is 5.64. The summed E-state index contributed by atoms with van der Waals surface area (Å²) in [5.74, 6) is 1.02. The van der Waals surface area contributed by atoms with Gasteiger partial charge in [0.25, 0.3) is 0 Å². The highest BCUT2D eigenvalue weighted by molar-refractivity contribution is 5.96. The number of ether oxygens (including phenoxy) is 1. The fourth-order valence-corrected chi connectivity index (χ4v) is 1.59. The summed E-state index contributed by atoms with van der Waals surface area (Å²) in [5, 5.41) is 2.97. The molecule has 0 amide bonds. The molecule has 0 saturated heterocycles. The van der Waals surface area contributed by atoms with E-state index in [9.17, 15) is 4.79 Å². The molecule has 0 radical (unpaired) electrons. The molecule has 0 unspecified atom stereocenters. The molecule has 94 valence electrons. The van der Waals surface area contributed by atoms with Gasteiger partial charge in [0.15, 0.2) is 5.78 Å². The topological polar surface area (TPSA) is 38.3 Å². The van der Waals surface area contributed by atoms with Gasteiger partial charge < -0.3 is 10.1 Å². The Labute approximate surface area is 103 Å². The minimum Gasteiger partial charge on any atom is -0.491 e. The van der Waals surface area contributed by atoms with E-state index in [2.05, 4.69) is 5.32 Å². The first-order valence-electron chi connectivity index (χ1n) is 5.99. The minimum atomic E-state index is 0.152. The number of hydrogen-bond acceptors (Lipinski definition) is 3. The number of Topliss-reactive ketones (excluding diaryl/α,β-unsaturated/α-hetero) is 1. The van der Waals surface area contributed by atoms with Gasteiger partial charge in [0, 0.05) is 18.5 Å². The summed E-state index contributed by atoms with van der Waals surface area (Å²) in [5.41, 5.74) is 1.77. The first-order valence-corrected chi connectivity index (χ1v) is 5.99. The van der Waals surface area contributed by atoms with Gasteiger partial charge in [-0.05, 0) is 51.6 Å². The fraction of sp³-hybridized carbons (Fsp3) is 0.500. The van der Waals surface area contributed by atoms with Crippen LogP contribution in [0.4, 0.5) is 0 Å². The Morgan fingerprint density at radius 1 is 1.41 bits per heavy atom. The molecule has 0 atom stereocenters. The SMILES string of the molecule is CNCCC(=O)c1ccc(OC(C)C)c(C)c1. The molecule has 0 aliphatic rings. The Bertz CT molecular complexity index is 386. The van der Waals surface area contributed by atoms with Crippen LogP contribution in [0.25, 0.3) is 0 Å². The average Bonchev–Trinajstić information content (AvgIpc) is 2.28. The maximum atomic E-state index is 11.8. The van der Waals surface area contributed by atoms with Gasteiger partial charge in [-0.2, -0.15) is 0 Å². The lowest BCUT2D eigenvalue weighted by Crippen LogP contribution is -2.13. The van der Waals surface area contributed by atoms with Crippen molar-refractivity contribution < 1.29 is 9.53 Å². The highest BCUT2D eigenvalue weighted by atomic mass is 16.5. The van der Waals surface area contributed by atoms with Crippen molar-refractivity contribution in [3.05, 3.63) is 29.3 Å². The Morgan fingerprint density at radius 3 is 2.65 bits per heavy atom. The van der Waals surface area contributed by atoms with Gasteiger partial charge >= 0.3 is 0 Å². The Kier molecular flexibility index (Phi) is 5.16. The summed E-state index contributed by atoms with van der Waals surface area (Å²) in [6, 6.07) is 5.61. The van der Waals surface area contributed by atoms with Crippen LogP contribution in [-0.4, -0.2) is 25.5 Å². The molecule has 1 aromatic rings. The summed E-state index contributed by atoms with van der Waals surface area (Å²) in [6.07, 6.45) is 0.680. The van der Waals surface area contributed by atoms with E-state index in [-0.39, 0.29) is 11.9 Å². The van der Waals surface area contributed by atoms with Crippen LogP contribution in [0.5, 0.6) is 5.75 Å². The molecule has 0 spiro atoms. The Hall–Kier alpha value is -1.35. The van der Waals surface area contributed by atoms with Crippen molar-refractivity contribution in [2.75, 3.05) is 13.6 Å². The average molecular weight is 235 g/mol. The number of rotatable bonds is 6. The molecule has 0 aromatic heterocycles. The number of hydrogen-bond donors (Lipinski definition) is 1. The van der Waals surface area contributed by atoms with E-state index in [1.165, 1.54) is 0 Å². The minimum absolute atomic E-state index is 0.152. The molecule has 17 heavy (non-hydrogen) atoms. The van der Waals surface area contributed by atoms with Crippen molar-refractivity contribution in [3.8, 4) is 5.75 Å². The Morgan fingerprint density at radius 2 is 2.12 bits per heavy atom. The summed E-state index contributed by atoms with van der Waals surface area (Å²) in [4.78, 5) is 11.8. The lowest BCUT2D eigenvalue weighted by molar-refractivity contribution is 0.0983. The number of ketones is 1. The van der Waals surface area contributed by atoms with Crippen LogP contribution in [0.15, 0.2) is 18.2 Å². The van der Waals surface area contributed by atoms with Gasteiger partial charge in [0.2, 0.25) is 0 Å². The second-order valence-corrected chi connectivity index (χ2v) is 4.42. The quantitative estimate of drug-likeness (QED) is 0.770. The molecule has 0 bridgehead atoms. The lowest BCUT2D eigenvalue weighted by Gasteiger charge is -2.13. The first-order chi connectivity index (χ1) is 8.04. The molecule has 0 heterocycles. The van der Waals surface area contributed by atoms with Crippen molar-refractivity contribution in [1.29, 1.82) is 0 Å². The van der Waals surface area contributed by atoms with E-state index in [0.29, 0.717) is 13.0 Å². The standard InChI is InChI=1S/C14H21NO2/c1-10(2)17-14-6-5-12(9-11(14)3)13(16)7-8-15-4/h5-6,9-10,15H,7-8H2,1-4H3. The summed E-state index contributed by atoms with van der Waals surface area (Å²) >= 11 is 0. The van der Waals surface area contributed by atoms with Gasteiger partial charge in [-0.3, -0.25) is 4.79 Å². The highest BCUT2D eigenvalue weighted by Crippen LogP contribution is 2.21. The predicted molar refractivity (Wildman–Crippen MR) is 69.8 cm³/mol. The molecule has 1 N–H and O–H groups in total. The predicted octanol–water partition coefficient (Wildman–Crippen LogP) is 2.57. The van der Waals surface area contributed by atoms with Crippen molar-refractivity contribution >= 4 is 5.78 Å². The number of nitrogens with one attached hydrogen (secondary N) is 1. The van der Waals surface area contributed by atoms with E-state index in [0.717, 1.165) is 16.9 Å². The molecule has 0 fully saturated rings. The normalized spacial score (nSPS) is 10.6. The van der Waals surface area contributed by atoms with E-state index in [1.807, 2.05) is 46.0 Å². The van der Waals surface area contributed by atoms with Crippen LogP contribution >= 0.6 is 0 Å². The van der Waals surface area contributed by atoms with Crippen LogP contribution in [0.2, 0.25) is 0 Å². The molecule has 0 aliphatic heterocycles. The highest BCUT2D eigenvalue weighted by Gasteiger charge is 2.08. The summed E-state index contributed by atoms with van der Waals surface area (Å²) in [7, 11) is 1.85. The van der Waals surface area contributed by atoms with E-state index in [4.69, 9.17) is 4.74 Å². The van der Waals surface area contributed by atoms with Crippen molar-refractivity contribution in [2.24, 2.45) is 0 Å². The zero-order valence-electron chi connectivity index (χ0n) is 11.0.